The molecule has 6 heteroatoms. The summed E-state index contributed by atoms with van der Waals surface area (Å²) < 4.78 is 37.0. The van der Waals surface area contributed by atoms with E-state index < -0.39 is 17.3 Å². The van der Waals surface area contributed by atoms with E-state index >= 15 is 0 Å². The molecule has 0 bridgehead atoms. The number of hydrogen-bond acceptors (Lipinski definition) is 2. The van der Waals surface area contributed by atoms with Crippen molar-refractivity contribution in [2.24, 2.45) is 0 Å². The quantitative estimate of drug-likeness (QED) is 0.884. The maximum absolute atomic E-state index is 12.3. The smallest absolute Gasteiger partial charge is 0.394 e. The van der Waals surface area contributed by atoms with Gasteiger partial charge in [-0.3, -0.25) is 4.79 Å². The minimum absolute atomic E-state index is 0.0262. The van der Waals surface area contributed by atoms with Crippen molar-refractivity contribution >= 4 is 5.91 Å². The molecule has 1 aromatic carbocycles. The van der Waals surface area contributed by atoms with E-state index in [4.69, 9.17) is 5.11 Å². The van der Waals surface area contributed by atoms with Gasteiger partial charge in [-0.15, -0.1) is 0 Å². The minimum Gasteiger partial charge on any atom is -0.394 e. The highest BCUT2D eigenvalue weighted by Gasteiger charge is 2.30. The number of carbonyl (C=O) groups excluding carboxylic acids is 1. The van der Waals surface area contributed by atoms with Gasteiger partial charge < -0.3 is 10.4 Å². The summed E-state index contributed by atoms with van der Waals surface area (Å²) in [5.41, 5.74) is -1.00. The fraction of sp³-hybridized carbons (Fsp3) is 0.462. The van der Waals surface area contributed by atoms with E-state index in [0.29, 0.717) is 5.56 Å². The SMILES string of the molecule is CC(C)(CO)NC(=O)Cc1ccc(C(F)(F)F)cc1. The summed E-state index contributed by atoms with van der Waals surface area (Å²) in [5.74, 6) is -0.348. The van der Waals surface area contributed by atoms with Crippen LogP contribution in [0.1, 0.15) is 25.0 Å². The number of aliphatic hydroxyl groups is 1. The van der Waals surface area contributed by atoms with Crippen molar-refractivity contribution in [1.82, 2.24) is 5.32 Å². The van der Waals surface area contributed by atoms with Crippen LogP contribution in [0.4, 0.5) is 13.2 Å². The predicted octanol–water partition coefficient (Wildman–Crippen LogP) is 2.13. The Morgan fingerprint density at radius 1 is 1.21 bits per heavy atom. The van der Waals surface area contributed by atoms with Crippen molar-refractivity contribution in [2.75, 3.05) is 6.61 Å². The normalized spacial score (nSPS) is 12.3. The number of alkyl halides is 3. The van der Waals surface area contributed by atoms with Crippen molar-refractivity contribution in [3.05, 3.63) is 35.4 Å². The van der Waals surface area contributed by atoms with Crippen LogP contribution in [0, 0.1) is 0 Å². The first kappa shape index (κ1) is 15.5. The van der Waals surface area contributed by atoms with E-state index in [0.717, 1.165) is 12.1 Å². The van der Waals surface area contributed by atoms with Gasteiger partial charge >= 0.3 is 6.18 Å². The Kier molecular flexibility index (Phi) is 4.57. The lowest BCUT2D eigenvalue weighted by Crippen LogP contribution is -2.46. The van der Waals surface area contributed by atoms with Gasteiger partial charge in [0, 0.05) is 0 Å². The maximum atomic E-state index is 12.3. The molecule has 0 aliphatic rings. The van der Waals surface area contributed by atoms with Crippen LogP contribution in [0.3, 0.4) is 0 Å². The summed E-state index contributed by atoms with van der Waals surface area (Å²) in [6.45, 7) is 3.08. The Bertz CT molecular complexity index is 438. The second kappa shape index (κ2) is 5.61. The van der Waals surface area contributed by atoms with Crippen LogP contribution in [-0.4, -0.2) is 23.2 Å². The van der Waals surface area contributed by atoms with Gasteiger partial charge in [0.25, 0.3) is 0 Å². The number of amides is 1. The van der Waals surface area contributed by atoms with Crippen LogP contribution in [-0.2, 0) is 17.4 Å². The van der Waals surface area contributed by atoms with Crippen LogP contribution in [0.15, 0.2) is 24.3 Å². The number of aliphatic hydroxyl groups excluding tert-OH is 1. The summed E-state index contributed by atoms with van der Waals surface area (Å²) in [4.78, 5) is 11.6. The molecular weight excluding hydrogens is 259 g/mol. The average Bonchev–Trinajstić information content (AvgIpc) is 2.27. The number of rotatable bonds is 4. The lowest BCUT2D eigenvalue weighted by Gasteiger charge is -2.23. The lowest BCUT2D eigenvalue weighted by atomic mass is 10.1. The Morgan fingerprint density at radius 2 is 1.74 bits per heavy atom. The fourth-order valence-electron chi connectivity index (χ4n) is 1.46. The first-order valence-corrected chi connectivity index (χ1v) is 5.72. The van der Waals surface area contributed by atoms with Crippen LogP contribution in [0.5, 0.6) is 0 Å². The molecule has 0 atom stereocenters. The third-order valence-electron chi connectivity index (χ3n) is 2.52. The molecule has 0 aliphatic carbocycles. The van der Waals surface area contributed by atoms with Gasteiger partial charge in [-0.2, -0.15) is 13.2 Å². The van der Waals surface area contributed by atoms with Gasteiger partial charge in [-0.05, 0) is 31.5 Å². The van der Waals surface area contributed by atoms with E-state index in [1.165, 1.54) is 12.1 Å². The molecule has 0 aliphatic heterocycles. The molecule has 106 valence electrons. The minimum atomic E-state index is -4.38. The molecule has 0 heterocycles. The third-order valence-corrected chi connectivity index (χ3v) is 2.52. The molecule has 0 unspecified atom stereocenters. The van der Waals surface area contributed by atoms with Crippen molar-refractivity contribution in [3.8, 4) is 0 Å². The van der Waals surface area contributed by atoms with Gasteiger partial charge in [0.2, 0.25) is 5.91 Å². The topological polar surface area (TPSA) is 49.3 Å². The first-order valence-electron chi connectivity index (χ1n) is 5.72. The average molecular weight is 275 g/mol. The predicted molar refractivity (Wildman–Crippen MR) is 64.5 cm³/mol. The van der Waals surface area contributed by atoms with E-state index in [1.54, 1.807) is 13.8 Å². The molecule has 1 aromatic rings. The van der Waals surface area contributed by atoms with E-state index in [-0.39, 0.29) is 18.9 Å². The van der Waals surface area contributed by atoms with Crippen molar-refractivity contribution < 1.29 is 23.1 Å². The molecule has 0 aromatic heterocycles. The second-order valence-corrected chi connectivity index (χ2v) is 4.96. The Labute approximate surface area is 109 Å². The largest absolute Gasteiger partial charge is 0.416 e. The summed E-state index contributed by atoms with van der Waals surface area (Å²) in [6.07, 6.45) is -4.40. The molecule has 0 spiro atoms. The number of nitrogens with one attached hydrogen (secondary N) is 1. The monoisotopic (exact) mass is 275 g/mol. The van der Waals surface area contributed by atoms with Gasteiger partial charge in [-0.25, -0.2) is 0 Å². The molecule has 19 heavy (non-hydrogen) atoms. The first-order chi connectivity index (χ1) is 8.64. The van der Waals surface area contributed by atoms with Crippen LogP contribution in [0.2, 0.25) is 0 Å². The number of benzene rings is 1. The molecule has 2 N–H and O–H groups in total. The van der Waals surface area contributed by atoms with Crippen LogP contribution >= 0.6 is 0 Å². The van der Waals surface area contributed by atoms with Gasteiger partial charge in [-0.1, -0.05) is 12.1 Å². The van der Waals surface area contributed by atoms with Gasteiger partial charge in [0.15, 0.2) is 0 Å². The summed E-state index contributed by atoms with van der Waals surface area (Å²) in [7, 11) is 0. The number of halogens is 3. The second-order valence-electron chi connectivity index (χ2n) is 4.96. The maximum Gasteiger partial charge on any atom is 0.416 e. The van der Waals surface area contributed by atoms with Crippen molar-refractivity contribution in [3.63, 3.8) is 0 Å². The van der Waals surface area contributed by atoms with Gasteiger partial charge in [0.1, 0.15) is 0 Å². The van der Waals surface area contributed by atoms with E-state index in [1.807, 2.05) is 0 Å². The van der Waals surface area contributed by atoms with E-state index in [2.05, 4.69) is 5.32 Å². The zero-order valence-corrected chi connectivity index (χ0v) is 10.7. The molecule has 0 saturated heterocycles. The van der Waals surface area contributed by atoms with Crippen molar-refractivity contribution in [1.29, 1.82) is 0 Å². The zero-order valence-electron chi connectivity index (χ0n) is 10.7. The van der Waals surface area contributed by atoms with E-state index in [9.17, 15) is 18.0 Å². The molecule has 3 nitrogen and oxygen atoms in total. The highest BCUT2D eigenvalue weighted by molar-refractivity contribution is 5.79. The summed E-state index contributed by atoms with van der Waals surface area (Å²) in [5, 5.41) is 11.6. The highest BCUT2D eigenvalue weighted by atomic mass is 19.4. The third kappa shape index (κ3) is 4.90. The van der Waals surface area contributed by atoms with Gasteiger partial charge in [0.05, 0.1) is 24.1 Å². The van der Waals surface area contributed by atoms with Crippen molar-refractivity contribution in [2.45, 2.75) is 32.0 Å². The number of carbonyl (C=O) groups is 1. The Hall–Kier alpha value is -1.56. The molecular formula is C13H16F3NO2. The Morgan fingerprint density at radius 3 is 2.16 bits per heavy atom. The standard InChI is InChI=1S/C13H16F3NO2/c1-12(2,8-18)17-11(19)7-9-3-5-10(6-4-9)13(14,15)16/h3-6,18H,7-8H2,1-2H3,(H,17,19). The molecule has 0 fully saturated rings. The molecule has 0 saturated carbocycles. The molecule has 0 radical (unpaired) electrons. The lowest BCUT2D eigenvalue weighted by molar-refractivity contribution is -0.137. The number of hydrogen-bond donors (Lipinski definition) is 2. The summed E-state index contributed by atoms with van der Waals surface area (Å²) in [6, 6.07) is 4.43. The summed E-state index contributed by atoms with van der Waals surface area (Å²) >= 11 is 0. The van der Waals surface area contributed by atoms with Crippen LogP contribution < -0.4 is 5.32 Å². The molecule has 1 rings (SSSR count). The van der Waals surface area contributed by atoms with Crippen LogP contribution in [0.25, 0.3) is 0 Å². The Balaban J connectivity index is 2.66. The zero-order chi connectivity index (χ0) is 14.7. The highest BCUT2D eigenvalue weighted by Crippen LogP contribution is 2.29. The fourth-order valence-corrected chi connectivity index (χ4v) is 1.46. The molecule has 1 amide bonds.